The molecule has 0 atom stereocenters. The lowest BCUT2D eigenvalue weighted by Crippen LogP contribution is -2.07. The van der Waals surface area contributed by atoms with Crippen molar-refractivity contribution in [1.82, 2.24) is 24.1 Å². The van der Waals surface area contributed by atoms with E-state index in [4.69, 9.17) is 23.8 Å². The molecule has 0 unspecified atom stereocenters. The molecule has 0 spiro atoms. The molecule has 0 N–H and O–H groups in total. The average molecular weight is 820 g/mol. The Bertz CT molecular complexity index is 4200. The van der Waals surface area contributed by atoms with Gasteiger partial charge in [0.05, 0.1) is 27.8 Å². The van der Waals surface area contributed by atoms with Crippen LogP contribution in [0, 0.1) is 0 Å². The zero-order valence-corrected chi connectivity index (χ0v) is 34.1. The maximum Gasteiger partial charge on any atom is 0.238 e. The molecule has 14 rings (SSSR count). The van der Waals surface area contributed by atoms with Gasteiger partial charge in [-0.05, 0) is 35.9 Å². The van der Waals surface area contributed by atoms with Crippen LogP contribution < -0.4 is 0 Å². The fourth-order valence-corrected chi connectivity index (χ4v) is 10.0. The predicted octanol–water partition coefficient (Wildman–Crippen LogP) is 14.9. The monoisotopic (exact) mass is 819 g/mol. The summed E-state index contributed by atoms with van der Waals surface area (Å²) in [4.78, 5) is 16.1. The lowest BCUT2D eigenvalue weighted by atomic mass is 10.0. The van der Waals surface area contributed by atoms with Gasteiger partial charge in [-0.15, -0.1) is 0 Å². The van der Waals surface area contributed by atoms with Gasteiger partial charge in [0.2, 0.25) is 5.95 Å². The zero-order valence-electron chi connectivity index (χ0n) is 34.1. The van der Waals surface area contributed by atoms with E-state index in [1.807, 2.05) is 54.6 Å². The second-order valence-corrected chi connectivity index (χ2v) is 16.3. The van der Waals surface area contributed by atoms with Gasteiger partial charge in [0.15, 0.2) is 17.2 Å². The Labute approximate surface area is 364 Å². The van der Waals surface area contributed by atoms with Gasteiger partial charge in [0.1, 0.15) is 16.7 Å². The summed E-state index contributed by atoms with van der Waals surface area (Å²) in [5.74, 6) is 1.64. The third-order valence-electron chi connectivity index (χ3n) is 12.8. The number of rotatable bonds is 5. The molecule has 0 amide bonds. The number of hydrogen-bond donors (Lipinski definition) is 0. The van der Waals surface area contributed by atoms with Crippen molar-refractivity contribution >= 4 is 87.5 Å². The van der Waals surface area contributed by atoms with Crippen LogP contribution in [0.3, 0.4) is 0 Å². The van der Waals surface area contributed by atoms with Crippen LogP contribution in [0.15, 0.2) is 209 Å². The van der Waals surface area contributed by atoms with E-state index in [9.17, 15) is 0 Å². The molecule has 7 heteroatoms. The smallest absolute Gasteiger partial charge is 0.238 e. The highest BCUT2D eigenvalue weighted by Gasteiger charge is 2.26. The first kappa shape index (κ1) is 34.9. The largest absolute Gasteiger partial charge is 0.456 e. The minimum Gasteiger partial charge on any atom is -0.456 e. The van der Waals surface area contributed by atoms with Crippen molar-refractivity contribution in [2.45, 2.75) is 0 Å². The fraction of sp³-hybridized carbons (Fsp3) is 0. The van der Waals surface area contributed by atoms with E-state index in [1.165, 1.54) is 0 Å². The summed E-state index contributed by atoms with van der Waals surface area (Å²) in [6.45, 7) is 0. The molecule has 9 aromatic carbocycles. The third kappa shape index (κ3) is 4.94. The molecule has 7 nitrogen and oxygen atoms in total. The van der Waals surface area contributed by atoms with Crippen molar-refractivity contribution in [2.75, 3.05) is 0 Å². The van der Waals surface area contributed by atoms with Crippen LogP contribution in [0.4, 0.5) is 0 Å². The molecule has 298 valence electrons. The van der Waals surface area contributed by atoms with Crippen LogP contribution in [0.1, 0.15) is 0 Å². The summed E-state index contributed by atoms with van der Waals surface area (Å²) >= 11 is 0. The quantitative estimate of drug-likeness (QED) is 0.173. The van der Waals surface area contributed by atoms with Gasteiger partial charge in [0, 0.05) is 59.8 Å². The van der Waals surface area contributed by atoms with E-state index in [0.29, 0.717) is 17.6 Å². The fourth-order valence-electron chi connectivity index (χ4n) is 10.0. The van der Waals surface area contributed by atoms with E-state index in [1.54, 1.807) is 0 Å². The molecule has 0 aliphatic carbocycles. The molecule has 0 aliphatic heterocycles. The van der Waals surface area contributed by atoms with Crippen molar-refractivity contribution in [3.8, 4) is 45.5 Å². The summed E-state index contributed by atoms with van der Waals surface area (Å²) in [6.07, 6.45) is 0. The molecule has 0 saturated carbocycles. The van der Waals surface area contributed by atoms with E-state index in [0.717, 1.165) is 115 Å². The van der Waals surface area contributed by atoms with E-state index in [2.05, 4.69) is 155 Å². The number of fused-ring (bicyclic) bond motifs is 13. The van der Waals surface area contributed by atoms with Gasteiger partial charge in [-0.3, -0.25) is 4.57 Å². The van der Waals surface area contributed by atoms with Crippen LogP contribution in [0.2, 0.25) is 0 Å². The molecular formula is C57H33N5O2. The standard InChI is InChI=1S/C57H33N5O2/c1-3-16-34(17-4-1)36-23-13-24-41-42-25-14-29-47(54(42)64-53(36)41)61-45-27-10-7-20-37(45)39-32-33-40-38-21-8-11-28-46(38)62(52(40)51(39)61)57-59-55(35-18-5-2-6-19-35)58-56(60-57)44-26-15-31-49-50(44)43-22-9-12-30-48(43)63-49/h1-33H. The van der Waals surface area contributed by atoms with Crippen LogP contribution in [-0.4, -0.2) is 24.1 Å². The Balaban J connectivity index is 1.12. The number of benzene rings is 9. The highest BCUT2D eigenvalue weighted by molar-refractivity contribution is 6.24. The zero-order chi connectivity index (χ0) is 41.9. The van der Waals surface area contributed by atoms with Crippen LogP contribution in [-0.2, 0) is 0 Å². The van der Waals surface area contributed by atoms with E-state index >= 15 is 0 Å². The topological polar surface area (TPSA) is 74.8 Å². The second kappa shape index (κ2) is 13.3. The number of hydrogen-bond acceptors (Lipinski definition) is 5. The van der Waals surface area contributed by atoms with Gasteiger partial charge in [-0.2, -0.15) is 9.97 Å². The van der Waals surface area contributed by atoms with Gasteiger partial charge in [-0.1, -0.05) is 170 Å². The third-order valence-corrected chi connectivity index (χ3v) is 12.8. The molecule has 64 heavy (non-hydrogen) atoms. The van der Waals surface area contributed by atoms with Crippen LogP contribution in [0.25, 0.3) is 133 Å². The Morgan fingerprint density at radius 1 is 0.328 bits per heavy atom. The average Bonchev–Trinajstić information content (AvgIpc) is 4.12. The molecule has 0 radical (unpaired) electrons. The molecule has 5 heterocycles. The van der Waals surface area contributed by atoms with Gasteiger partial charge in [-0.25, -0.2) is 4.98 Å². The van der Waals surface area contributed by atoms with E-state index in [-0.39, 0.29) is 0 Å². The molecule has 0 aliphatic rings. The van der Waals surface area contributed by atoms with E-state index < -0.39 is 0 Å². The molecule has 0 saturated heterocycles. The summed E-state index contributed by atoms with van der Waals surface area (Å²) < 4.78 is 18.1. The lowest BCUT2D eigenvalue weighted by molar-refractivity contribution is 0.667. The maximum atomic E-state index is 7.10. The normalized spacial score (nSPS) is 12.1. The Morgan fingerprint density at radius 2 is 0.875 bits per heavy atom. The first-order valence-corrected chi connectivity index (χ1v) is 21.4. The van der Waals surface area contributed by atoms with Gasteiger partial charge >= 0.3 is 0 Å². The summed E-state index contributed by atoms with van der Waals surface area (Å²) in [7, 11) is 0. The lowest BCUT2D eigenvalue weighted by Gasteiger charge is -2.13. The minimum atomic E-state index is 0.513. The van der Waals surface area contributed by atoms with Gasteiger partial charge in [0.25, 0.3) is 0 Å². The molecule has 0 fully saturated rings. The molecule has 14 aromatic rings. The molecular weight excluding hydrogens is 787 g/mol. The van der Waals surface area contributed by atoms with Crippen molar-refractivity contribution in [3.63, 3.8) is 0 Å². The number of nitrogens with zero attached hydrogens (tertiary/aromatic N) is 5. The van der Waals surface area contributed by atoms with Crippen molar-refractivity contribution in [2.24, 2.45) is 0 Å². The Kier molecular flexibility index (Phi) is 7.27. The van der Waals surface area contributed by atoms with Crippen molar-refractivity contribution in [3.05, 3.63) is 200 Å². The van der Waals surface area contributed by atoms with Crippen LogP contribution in [0.5, 0.6) is 0 Å². The maximum absolute atomic E-state index is 7.10. The SMILES string of the molecule is c1ccc(-c2nc(-c3cccc4oc5ccccc5c34)nc(-n3c4ccccc4c4ccc5c6ccccc6n(-c6cccc7c6oc6c(-c8ccccc8)cccc67)c5c43)n2)cc1. The first-order valence-electron chi connectivity index (χ1n) is 21.4. The summed E-state index contributed by atoms with van der Waals surface area (Å²) in [5.41, 5.74) is 12.2. The van der Waals surface area contributed by atoms with Crippen molar-refractivity contribution in [1.29, 1.82) is 0 Å². The Morgan fingerprint density at radius 3 is 1.64 bits per heavy atom. The van der Waals surface area contributed by atoms with Crippen molar-refractivity contribution < 1.29 is 8.83 Å². The van der Waals surface area contributed by atoms with Gasteiger partial charge < -0.3 is 13.4 Å². The van der Waals surface area contributed by atoms with Crippen LogP contribution >= 0.6 is 0 Å². The molecule has 0 bridgehead atoms. The highest BCUT2D eigenvalue weighted by Crippen LogP contribution is 2.45. The predicted molar refractivity (Wildman–Crippen MR) is 259 cm³/mol. The number of aromatic nitrogens is 5. The Hall–Kier alpha value is -8.81. The highest BCUT2D eigenvalue weighted by atomic mass is 16.3. The number of furan rings is 2. The summed E-state index contributed by atoms with van der Waals surface area (Å²) in [5, 5.41) is 8.53. The molecule has 5 aromatic heterocycles. The first-order chi connectivity index (χ1) is 31.8. The number of para-hydroxylation sites is 5. The summed E-state index contributed by atoms with van der Waals surface area (Å²) in [6, 6.07) is 69.5. The second-order valence-electron chi connectivity index (χ2n) is 16.3. The minimum absolute atomic E-state index is 0.513.